The van der Waals surface area contributed by atoms with E-state index in [1.807, 2.05) is 43.5 Å². The summed E-state index contributed by atoms with van der Waals surface area (Å²) in [6.45, 7) is 7.09. The van der Waals surface area contributed by atoms with Gasteiger partial charge in [-0.15, -0.1) is 10.2 Å². The van der Waals surface area contributed by atoms with E-state index in [0.29, 0.717) is 18.3 Å². The molecule has 0 bridgehead atoms. The summed E-state index contributed by atoms with van der Waals surface area (Å²) in [5.41, 5.74) is 2.89. The third-order valence-corrected chi connectivity index (χ3v) is 5.54. The molecule has 0 fully saturated rings. The van der Waals surface area contributed by atoms with E-state index in [2.05, 4.69) is 15.5 Å². The van der Waals surface area contributed by atoms with Crippen molar-refractivity contribution in [3.63, 3.8) is 0 Å². The van der Waals surface area contributed by atoms with Crippen LogP contribution in [0.15, 0.2) is 47.6 Å². The van der Waals surface area contributed by atoms with Gasteiger partial charge in [-0.2, -0.15) is 0 Å². The Labute approximate surface area is 180 Å². The number of para-hydroxylation sites is 1. The van der Waals surface area contributed by atoms with Crippen LogP contribution in [-0.4, -0.2) is 33.5 Å². The molecule has 0 spiro atoms. The summed E-state index contributed by atoms with van der Waals surface area (Å²) in [7, 11) is 1.61. The summed E-state index contributed by atoms with van der Waals surface area (Å²) in [5.74, 6) is 2.48. The fourth-order valence-corrected chi connectivity index (χ4v) is 3.84. The molecule has 0 unspecified atom stereocenters. The molecule has 0 atom stereocenters. The molecule has 0 saturated heterocycles. The number of nitrogens with zero attached hydrogens (tertiary/aromatic N) is 3. The van der Waals surface area contributed by atoms with E-state index in [9.17, 15) is 4.79 Å². The highest BCUT2D eigenvalue weighted by atomic mass is 32.2. The van der Waals surface area contributed by atoms with Gasteiger partial charge in [0.15, 0.2) is 11.0 Å². The van der Waals surface area contributed by atoms with Crippen LogP contribution in [0, 0.1) is 13.8 Å². The second kappa shape index (κ2) is 10.2. The summed E-state index contributed by atoms with van der Waals surface area (Å²) >= 11 is 1.35. The Kier molecular flexibility index (Phi) is 7.35. The van der Waals surface area contributed by atoms with Gasteiger partial charge in [-0.1, -0.05) is 30.0 Å². The van der Waals surface area contributed by atoms with Crippen molar-refractivity contribution in [1.29, 1.82) is 0 Å². The van der Waals surface area contributed by atoms with E-state index in [1.54, 1.807) is 31.4 Å². The highest BCUT2D eigenvalue weighted by molar-refractivity contribution is 7.99. The zero-order valence-electron chi connectivity index (χ0n) is 17.6. The average molecular weight is 427 g/mol. The zero-order chi connectivity index (χ0) is 21.5. The number of carbonyl (C=O) groups is 1. The summed E-state index contributed by atoms with van der Waals surface area (Å²) in [6, 6.07) is 13.3. The number of hydrogen-bond acceptors (Lipinski definition) is 6. The van der Waals surface area contributed by atoms with Crippen LogP contribution in [0.1, 0.15) is 23.9 Å². The first-order chi connectivity index (χ1) is 14.5. The van der Waals surface area contributed by atoms with E-state index in [-0.39, 0.29) is 11.7 Å². The number of nitrogens with one attached hydrogen (secondary N) is 1. The van der Waals surface area contributed by atoms with Crippen molar-refractivity contribution in [1.82, 2.24) is 14.8 Å². The fraction of sp³-hybridized carbons (Fsp3) is 0.318. The number of amides is 1. The first-order valence-corrected chi connectivity index (χ1v) is 10.7. The van der Waals surface area contributed by atoms with Crippen molar-refractivity contribution >= 4 is 23.4 Å². The Morgan fingerprint density at radius 2 is 1.80 bits per heavy atom. The van der Waals surface area contributed by atoms with Crippen LogP contribution in [0.25, 0.3) is 0 Å². The Hall–Kier alpha value is -3.00. The average Bonchev–Trinajstić information content (AvgIpc) is 3.14. The predicted octanol–water partition coefficient (Wildman–Crippen LogP) is 4.23. The highest BCUT2D eigenvalue weighted by Crippen LogP contribution is 2.24. The molecule has 1 N–H and O–H groups in total. The van der Waals surface area contributed by atoms with Crippen molar-refractivity contribution in [3.05, 3.63) is 59.4 Å². The van der Waals surface area contributed by atoms with Gasteiger partial charge in [-0.25, -0.2) is 0 Å². The number of benzene rings is 2. The maximum absolute atomic E-state index is 12.3. The molecule has 0 aliphatic rings. The second-order valence-electron chi connectivity index (χ2n) is 6.72. The van der Waals surface area contributed by atoms with Crippen LogP contribution in [0.4, 0.5) is 5.69 Å². The smallest absolute Gasteiger partial charge is 0.234 e. The lowest BCUT2D eigenvalue weighted by atomic mass is 10.1. The summed E-state index contributed by atoms with van der Waals surface area (Å²) in [4.78, 5) is 12.3. The molecule has 158 valence electrons. The van der Waals surface area contributed by atoms with E-state index < -0.39 is 0 Å². The van der Waals surface area contributed by atoms with E-state index in [1.165, 1.54) is 11.8 Å². The van der Waals surface area contributed by atoms with Gasteiger partial charge in [0.2, 0.25) is 5.91 Å². The number of methoxy groups -OCH3 is 1. The molecule has 0 aliphatic carbocycles. The summed E-state index contributed by atoms with van der Waals surface area (Å²) < 4.78 is 13.1. The van der Waals surface area contributed by atoms with Crippen LogP contribution in [0.3, 0.4) is 0 Å². The van der Waals surface area contributed by atoms with Gasteiger partial charge in [0, 0.05) is 12.2 Å². The Morgan fingerprint density at radius 1 is 1.10 bits per heavy atom. The number of thioether (sulfide) groups is 1. The first-order valence-electron chi connectivity index (χ1n) is 9.69. The molecule has 0 radical (unpaired) electrons. The Balaban J connectivity index is 1.59. The lowest BCUT2D eigenvalue weighted by Crippen LogP contribution is -2.15. The van der Waals surface area contributed by atoms with E-state index in [4.69, 9.17) is 9.47 Å². The molecule has 0 saturated carbocycles. The number of aromatic nitrogens is 3. The Bertz CT molecular complexity index is 982. The van der Waals surface area contributed by atoms with Gasteiger partial charge >= 0.3 is 0 Å². The topological polar surface area (TPSA) is 78.3 Å². The van der Waals surface area contributed by atoms with Crippen LogP contribution in [0.5, 0.6) is 11.5 Å². The van der Waals surface area contributed by atoms with E-state index >= 15 is 0 Å². The number of rotatable bonds is 9. The second-order valence-corrected chi connectivity index (χ2v) is 7.66. The molecule has 3 rings (SSSR count). The predicted molar refractivity (Wildman–Crippen MR) is 118 cm³/mol. The van der Waals surface area contributed by atoms with Gasteiger partial charge < -0.3 is 19.4 Å². The standard InChI is InChI=1S/C22H26N4O3S/c1-5-26-19(13-29-21-15(2)7-6-8-16(21)3)24-25-22(26)30-14-20(27)23-17-9-11-18(28-4)12-10-17/h6-12H,5,13-14H2,1-4H3,(H,23,27). The summed E-state index contributed by atoms with van der Waals surface area (Å²) in [6.07, 6.45) is 0. The lowest BCUT2D eigenvalue weighted by Gasteiger charge is -2.12. The minimum atomic E-state index is -0.107. The van der Waals surface area contributed by atoms with Crippen LogP contribution in [0.2, 0.25) is 0 Å². The quantitative estimate of drug-likeness (QED) is 0.516. The van der Waals surface area contributed by atoms with Gasteiger partial charge in [-0.05, 0) is 56.2 Å². The van der Waals surface area contributed by atoms with Gasteiger partial charge in [0.25, 0.3) is 0 Å². The molecule has 2 aromatic carbocycles. The van der Waals surface area contributed by atoms with Crippen molar-refractivity contribution in [2.75, 3.05) is 18.2 Å². The van der Waals surface area contributed by atoms with E-state index in [0.717, 1.165) is 34.1 Å². The minimum Gasteiger partial charge on any atom is -0.497 e. The first kappa shape index (κ1) is 21.7. The molecular weight excluding hydrogens is 400 g/mol. The molecule has 30 heavy (non-hydrogen) atoms. The van der Waals surface area contributed by atoms with Crippen molar-refractivity contribution < 1.29 is 14.3 Å². The highest BCUT2D eigenvalue weighted by Gasteiger charge is 2.15. The van der Waals surface area contributed by atoms with Crippen LogP contribution >= 0.6 is 11.8 Å². The number of anilines is 1. The number of ether oxygens (including phenoxy) is 2. The molecule has 1 heterocycles. The monoisotopic (exact) mass is 426 g/mol. The molecule has 1 aromatic heterocycles. The summed E-state index contributed by atoms with van der Waals surface area (Å²) in [5, 5.41) is 12.1. The van der Waals surface area contributed by atoms with Crippen molar-refractivity contribution in [2.45, 2.75) is 39.1 Å². The molecule has 1 amide bonds. The van der Waals surface area contributed by atoms with Gasteiger partial charge in [0.05, 0.1) is 12.9 Å². The van der Waals surface area contributed by atoms with Crippen molar-refractivity contribution in [3.8, 4) is 11.5 Å². The maximum atomic E-state index is 12.3. The molecule has 3 aromatic rings. The molecular formula is C22H26N4O3S. The van der Waals surface area contributed by atoms with Crippen LogP contribution < -0.4 is 14.8 Å². The SMILES string of the molecule is CCn1c(COc2c(C)cccc2C)nnc1SCC(=O)Nc1ccc(OC)cc1. The van der Waals surface area contributed by atoms with Crippen LogP contribution in [-0.2, 0) is 17.9 Å². The number of hydrogen-bond donors (Lipinski definition) is 1. The largest absolute Gasteiger partial charge is 0.497 e. The zero-order valence-corrected chi connectivity index (χ0v) is 18.5. The third-order valence-electron chi connectivity index (χ3n) is 4.57. The maximum Gasteiger partial charge on any atom is 0.234 e. The van der Waals surface area contributed by atoms with Crippen molar-refractivity contribution in [2.24, 2.45) is 0 Å². The normalized spacial score (nSPS) is 10.7. The minimum absolute atomic E-state index is 0.107. The van der Waals surface area contributed by atoms with Gasteiger partial charge in [-0.3, -0.25) is 4.79 Å². The molecule has 0 aliphatic heterocycles. The number of carbonyl (C=O) groups excluding carboxylic acids is 1. The third kappa shape index (κ3) is 5.33. The fourth-order valence-electron chi connectivity index (χ4n) is 3.02. The molecule has 7 nitrogen and oxygen atoms in total. The lowest BCUT2D eigenvalue weighted by molar-refractivity contribution is -0.113. The molecule has 8 heteroatoms. The van der Waals surface area contributed by atoms with Gasteiger partial charge in [0.1, 0.15) is 18.1 Å². The Morgan fingerprint density at radius 3 is 2.43 bits per heavy atom. The number of aryl methyl sites for hydroxylation is 2.